The van der Waals surface area contributed by atoms with E-state index in [9.17, 15) is 0 Å². The maximum Gasteiger partial charge on any atom is 0.191 e. The van der Waals surface area contributed by atoms with E-state index in [0.29, 0.717) is 0 Å². The molecule has 27 heavy (non-hydrogen) atoms. The molecule has 0 aliphatic carbocycles. The van der Waals surface area contributed by atoms with Crippen LogP contribution >= 0.6 is 0 Å². The van der Waals surface area contributed by atoms with Crippen molar-refractivity contribution in [2.24, 2.45) is 4.99 Å². The number of rotatable bonds is 10. The van der Waals surface area contributed by atoms with Gasteiger partial charge in [0.25, 0.3) is 0 Å². The molecule has 1 saturated heterocycles. The summed E-state index contributed by atoms with van der Waals surface area (Å²) < 4.78 is 16.1. The second-order valence-corrected chi connectivity index (χ2v) is 6.42. The van der Waals surface area contributed by atoms with Crippen LogP contribution in [0.2, 0.25) is 0 Å². The Kier molecular flexibility index (Phi) is 9.79. The minimum atomic E-state index is 0.777. The summed E-state index contributed by atoms with van der Waals surface area (Å²) in [4.78, 5) is 7.12. The van der Waals surface area contributed by atoms with E-state index in [0.717, 1.165) is 88.3 Å². The lowest BCUT2D eigenvalue weighted by Crippen LogP contribution is -2.39. The average molecular weight is 379 g/mol. The number of hydrogen-bond acceptors (Lipinski definition) is 5. The first-order valence-electron chi connectivity index (χ1n) is 9.80. The summed E-state index contributed by atoms with van der Waals surface area (Å²) in [5, 5.41) is 6.71. The van der Waals surface area contributed by atoms with E-state index in [-0.39, 0.29) is 0 Å². The highest BCUT2D eigenvalue weighted by Gasteiger charge is 2.09. The maximum absolute atomic E-state index is 5.44. The monoisotopic (exact) mass is 378 g/mol. The number of benzene rings is 1. The maximum atomic E-state index is 5.44. The van der Waals surface area contributed by atoms with Crippen LogP contribution in [0.15, 0.2) is 23.2 Å². The van der Waals surface area contributed by atoms with Gasteiger partial charge < -0.3 is 24.8 Å². The summed E-state index contributed by atoms with van der Waals surface area (Å²) in [6, 6.07) is 5.88. The smallest absolute Gasteiger partial charge is 0.191 e. The van der Waals surface area contributed by atoms with Crippen LogP contribution in [0.25, 0.3) is 0 Å². The summed E-state index contributed by atoms with van der Waals surface area (Å²) in [7, 11) is 3.37. The Hall–Kier alpha value is -1.99. The van der Waals surface area contributed by atoms with Crippen LogP contribution in [0, 0.1) is 0 Å². The second kappa shape index (κ2) is 12.4. The standard InChI is InChI=1S/C20H34N4O3/c1-4-21-20(22-9-5-11-24-12-14-27-15-13-24)23-10-8-17-16-18(25-2)6-7-19(17)26-3/h6-7,16H,4-5,8-15H2,1-3H3,(H2,21,22,23). The second-order valence-electron chi connectivity index (χ2n) is 6.42. The number of aliphatic imine (C=N–C) groups is 1. The first-order valence-corrected chi connectivity index (χ1v) is 9.80. The molecule has 0 atom stereocenters. The van der Waals surface area contributed by atoms with E-state index < -0.39 is 0 Å². The Morgan fingerprint density at radius 3 is 2.70 bits per heavy atom. The fourth-order valence-electron chi connectivity index (χ4n) is 3.04. The van der Waals surface area contributed by atoms with Gasteiger partial charge in [-0.15, -0.1) is 0 Å². The van der Waals surface area contributed by atoms with Gasteiger partial charge in [-0.1, -0.05) is 0 Å². The van der Waals surface area contributed by atoms with Gasteiger partial charge in [-0.2, -0.15) is 0 Å². The summed E-state index contributed by atoms with van der Waals surface area (Å²) in [5.74, 6) is 2.58. The van der Waals surface area contributed by atoms with E-state index in [1.165, 1.54) is 0 Å². The van der Waals surface area contributed by atoms with Crippen molar-refractivity contribution in [2.45, 2.75) is 19.8 Å². The number of ether oxygens (including phenoxy) is 3. The van der Waals surface area contributed by atoms with Gasteiger partial charge in [0.15, 0.2) is 5.96 Å². The highest BCUT2D eigenvalue weighted by atomic mass is 16.5. The van der Waals surface area contributed by atoms with Crippen molar-refractivity contribution >= 4 is 5.96 Å². The van der Waals surface area contributed by atoms with Gasteiger partial charge in [0.2, 0.25) is 0 Å². The summed E-state index contributed by atoms with van der Waals surface area (Å²) >= 11 is 0. The fourth-order valence-corrected chi connectivity index (χ4v) is 3.04. The predicted octanol–water partition coefficient (Wildman–Crippen LogP) is 1.52. The third-order valence-corrected chi connectivity index (χ3v) is 4.52. The SMILES string of the molecule is CCNC(=NCCCN1CCOCC1)NCCc1cc(OC)ccc1OC. The molecule has 0 radical (unpaired) electrons. The van der Waals surface area contributed by atoms with Gasteiger partial charge in [-0.25, -0.2) is 0 Å². The van der Waals surface area contributed by atoms with E-state index >= 15 is 0 Å². The topological polar surface area (TPSA) is 67.4 Å². The molecule has 1 fully saturated rings. The van der Waals surface area contributed by atoms with E-state index in [1.807, 2.05) is 18.2 Å². The Bertz CT molecular complexity index is 574. The van der Waals surface area contributed by atoms with Crippen molar-refractivity contribution < 1.29 is 14.2 Å². The summed E-state index contributed by atoms with van der Waals surface area (Å²) in [5.41, 5.74) is 1.12. The molecule has 0 unspecified atom stereocenters. The molecule has 0 amide bonds. The highest BCUT2D eigenvalue weighted by Crippen LogP contribution is 2.24. The molecule has 0 spiro atoms. The average Bonchev–Trinajstić information content (AvgIpc) is 2.71. The Balaban J connectivity index is 1.77. The molecule has 1 aromatic carbocycles. The fraction of sp³-hybridized carbons (Fsp3) is 0.650. The largest absolute Gasteiger partial charge is 0.497 e. The van der Waals surface area contributed by atoms with Crippen molar-refractivity contribution in [3.05, 3.63) is 23.8 Å². The van der Waals surface area contributed by atoms with Crippen LogP contribution < -0.4 is 20.1 Å². The lowest BCUT2D eigenvalue weighted by molar-refractivity contribution is 0.0377. The lowest BCUT2D eigenvalue weighted by Gasteiger charge is -2.26. The van der Waals surface area contributed by atoms with Crippen LogP contribution in [0.3, 0.4) is 0 Å². The molecule has 1 heterocycles. The number of nitrogens with one attached hydrogen (secondary N) is 2. The minimum Gasteiger partial charge on any atom is -0.497 e. The molecule has 0 saturated carbocycles. The number of nitrogens with zero attached hydrogens (tertiary/aromatic N) is 2. The number of hydrogen-bond donors (Lipinski definition) is 2. The van der Waals surface area contributed by atoms with Gasteiger partial charge in [0, 0.05) is 39.3 Å². The van der Waals surface area contributed by atoms with Crippen LogP contribution in [0.1, 0.15) is 18.9 Å². The van der Waals surface area contributed by atoms with Crippen LogP contribution in [0.5, 0.6) is 11.5 Å². The quantitative estimate of drug-likeness (QED) is 0.366. The summed E-state index contributed by atoms with van der Waals surface area (Å²) in [6.07, 6.45) is 1.89. The Morgan fingerprint density at radius 2 is 2.00 bits per heavy atom. The molecule has 0 bridgehead atoms. The Labute approximate surface area is 163 Å². The first kappa shape index (κ1) is 21.3. The normalized spacial score (nSPS) is 15.4. The van der Waals surface area contributed by atoms with Crippen molar-refractivity contribution in [1.29, 1.82) is 0 Å². The lowest BCUT2D eigenvalue weighted by atomic mass is 10.1. The highest BCUT2D eigenvalue weighted by molar-refractivity contribution is 5.79. The van der Waals surface area contributed by atoms with Crippen molar-refractivity contribution in [3.8, 4) is 11.5 Å². The van der Waals surface area contributed by atoms with Crippen molar-refractivity contribution in [2.75, 3.05) is 66.7 Å². The molecule has 1 aliphatic heterocycles. The van der Waals surface area contributed by atoms with E-state index in [1.54, 1.807) is 14.2 Å². The molecule has 2 rings (SSSR count). The van der Waals surface area contributed by atoms with Crippen LogP contribution in [-0.2, 0) is 11.2 Å². The number of guanidine groups is 1. The van der Waals surface area contributed by atoms with Crippen molar-refractivity contribution in [3.63, 3.8) is 0 Å². The molecule has 7 nitrogen and oxygen atoms in total. The molecule has 2 N–H and O–H groups in total. The third-order valence-electron chi connectivity index (χ3n) is 4.52. The molecule has 0 aromatic heterocycles. The zero-order valence-electron chi connectivity index (χ0n) is 16.9. The van der Waals surface area contributed by atoms with Gasteiger partial charge in [-0.3, -0.25) is 9.89 Å². The molecule has 1 aliphatic rings. The van der Waals surface area contributed by atoms with E-state index in [2.05, 4.69) is 27.4 Å². The van der Waals surface area contributed by atoms with E-state index in [4.69, 9.17) is 14.2 Å². The van der Waals surface area contributed by atoms with Gasteiger partial charge in [0.05, 0.1) is 27.4 Å². The zero-order valence-corrected chi connectivity index (χ0v) is 16.9. The van der Waals surface area contributed by atoms with Gasteiger partial charge in [0.1, 0.15) is 11.5 Å². The summed E-state index contributed by atoms with van der Waals surface area (Å²) in [6.45, 7) is 9.35. The molecule has 152 valence electrons. The Morgan fingerprint density at radius 1 is 1.19 bits per heavy atom. The van der Waals surface area contributed by atoms with Gasteiger partial charge >= 0.3 is 0 Å². The van der Waals surface area contributed by atoms with Crippen LogP contribution in [0.4, 0.5) is 0 Å². The molecule has 7 heteroatoms. The van der Waals surface area contributed by atoms with Crippen molar-refractivity contribution in [1.82, 2.24) is 15.5 Å². The molecular weight excluding hydrogens is 344 g/mol. The third kappa shape index (κ3) is 7.64. The van der Waals surface area contributed by atoms with Gasteiger partial charge in [-0.05, 0) is 43.5 Å². The minimum absolute atomic E-state index is 0.777. The number of methoxy groups -OCH3 is 2. The first-order chi connectivity index (χ1) is 13.3. The molecule has 1 aromatic rings. The van der Waals surface area contributed by atoms with Crippen LogP contribution in [-0.4, -0.2) is 77.6 Å². The predicted molar refractivity (Wildman–Crippen MR) is 109 cm³/mol. The zero-order chi connectivity index (χ0) is 19.3. The number of morpholine rings is 1. The molecular formula is C20H34N4O3.